The predicted molar refractivity (Wildman–Crippen MR) is 96.8 cm³/mol. The van der Waals surface area contributed by atoms with Crippen molar-refractivity contribution in [1.29, 1.82) is 0 Å². The Morgan fingerprint density at radius 3 is 2.48 bits per heavy atom. The van der Waals surface area contributed by atoms with Gasteiger partial charge < -0.3 is 4.74 Å². The summed E-state index contributed by atoms with van der Waals surface area (Å²) < 4.78 is 5.97. The van der Waals surface area contributed by atoms with Crippen LogP contribution in [-0.4, -0.2) is 24.4 Å². The van der Waals surface area contributed by atoms with Crippen molar-refractivity contribution in [3.8, 4) is 0 Å². The molecule has 0 atom stereocenters. The molecule has 128 valence electrons. The zero-order valence-electron chi connectivity index (χ0n) is 13.8. The fourth-order valence-corrected chi connectivity index (χ4v) is 2.95. The largest absolute Gasteiger partial charge is 0.462 e. The molecule has 6 heteroatoms. The van der Waals surface area contributed by atoms with Crippen LogP contribution in [0.2, 0.25) is 0 Å². The number of anilines is 1. The van der Waals surface area contributed by atoms with Crippen molar-refractivity contribution in [1.82, 2.24) is 0 Å². The van der Waals surface area contributed by atoms with Crippen molar-refractivity contribution in [2.45, 2.75) is 13.8 Å². The molecule has 0 unspecified atom stereocenters. The molecule has 3 rings (SSSR count). The molecular weight excluding hydrogens is 386 g/mol. The molecule has 0 saturated carbocycles. The van der Waals surface area contributed by atoms with Crippen LogP contribution in [0.4, 0.5) is 5.69 Å². The van der Waals surface area contributed by atoms with E-state index in [-0.39, 0.29) is 23.8 Å². The molecule has 25 heavy (non-hydrogen) atoms. The van der Waals surface area contributed by atoms with E-state index in [2.05, 4.69) is 15.9 Å². The number of benzene rings is 2. The number of hydrogen-bond acceptors (Lipinski definition) is 4. The lowest BCUT2D eigenvalue weighted by atomic mass is 10.1. The van der Waals surface area contributed by atoms with E-state index in [9.17, 15) is 14.4 Å². The quantitative estimate of drug-likeness (QED) is 0.572. The van der Waals surface area contributed by atoms with Crippen molar-refractivity contribution < 1.29 is 19.1 Å². The number of rotatable bonds is 4. The second-order valence-corrected chi connectivity index (χ2v) is 7.06. The van der Waals surface area contributed by atoms with Gasteiger partial charge in [-0.25, -0.2) is 9.69 Å². The Labute approximate surface area is 153 Å². The Morgan fingerprint density at radius 1 is 1.08 bits per heavy atom. The van der Waals surface area contributed by atoms with Crippen LogP contribution in [0.3, 0.4) is 0 Å². The fourth-order valence-electron chi connectivity index (χ4n) is 2.59. The van der Waals surface area contributed by atoms with Crippen LogP contribution in [0.5, 0.6) is 0 Å². The first-order chi connectivity index (χ1) is 11.9. The zero-order chi connectivity index (χ0) is 18.1. The Kier molecular flexibility index (Phi) is 4.72. The molecule has 1 heterocycles. The van der Waals surface area contributed by atoms with Gasteiger partial charge in [-0.05, 0) is 36.2 Å². The SMILES string of the molecule is CC(C)COC(=O)c1ccccc1N1C(=O)c2ccc(Br)cc2C1=O. The third-order valence-electron chi connectivity index (χ3n) is 3.76. The fraction of sp³-hybridized carbons (Fsp3) is 0.211. The van der Waals surface area contributed by atoms with E-state index in [1.807, 2.05) is 13.8 Å². The summed E-state index contributed by atoms with van der Waals surface area (Å²) in [6.45, 7) is 4.13. The maximum absolute atomic E-state index is 12.7. The van der Waals surface area contributed by atoms with Crippen LogP contribution in [0.25, 0.3) is 0 Å². The molecule has 5 nitrogen and oxygen atoms in total. The molecular formula is C19H16BrNO4. The zero-order valence-corrected chi connectivity index (χ0v) is 15.4. The summed E-state index contributed by atoms with van der Waals surface area (Å²) in [5.74, 6) is -1.27. The molecule has 0 saturated heterocycles. The van der Waals surface area contributed by atoms with Crippen LogP contribution < -0.4 is 4.90 Å². The summed E-state index contributed by atoms with van der Waals surface area (Å²) >= 11 is 3.30. The monoisotopic (exact) mass is 401 g/mol. The van der Waals surface area contributed by atoms with Crippen LogP contribution >= 0.6 is 15.9 Å². The van der Waals surface area contributed by atoms with E-state index < -0.39 is 17.8 Å². The number of hydrogen-bond donors (Lipinski definition) is 0. The summed E-state index contributed by atoms with van der Waals surface area (Å²) in [5, 5.41) is 0. The average Bonchev–Trinajstić information content (AvgIpc) is 2.83. The van der Waals surface area contributed by atoms with Gasteiger partial charge in [0, 0.05) is 4.47 Å². The number of carbonyl (C=O) groups excluding carboxylic acids is 3. The molecule has 0 radical (unpaired) electrons. The van der Waals surface area contributed by atoms with E-state index in [4.69, 9.17) is 4.74 Å². The molecule has 2 aromatic carbocycles. The Hall–Kier alpha value is -2.47. The van der Waals surface area contributed by atoms with E-state index in [1.54, 1.807) is 42.5 Å². The predicted octanol–water partition coefficient (Wildman–Crippen LogP) is 4.06. The highest BCUT2D eigenvalue weighted by Crippen LogP contribution is 2.32. The van der Waals surface area contributed by atoms with Crippen molar-refractivity contribution in [3.05, 3.63) is 63.6 Å². The summed E-state index contributed by atoms with van der Waals surface area (Å²) in [6.07, 6.45) is 0. The number of halogens is 1. The molecule has 2 amide bonds. The minimum absolute atomic E-state index is 0.188. The van der Waals surface area contributed by atoms with Gasteiger partial charge in [0.2, 0.25) is 0 Å². The average molecular weight is 402 g/mol. The van der Waals surface area contributed by atoms with Crippen LogP contribution in [0.15, 0.2) is 46.9 Å². The first-order valence-electron chi connectivity index (χ1n) is 7.84. The molecule has 0 fully saturated rings. The number of imide groups is 1. The molecule has 0 spiro atoms. The minimum atomic E-state index is -0.554. The van der Waals surface area contributed by atoms with Gasteiger partial charge in [0.15, 0.2) is 0 Å². The molecule has 1 aliphatic heterocycles. The molecule has 0 N–H and O–H groups in total. The number of ether oxygens (including phenoxy) is 1. The summed E-state index contributed by atoms with van der Waals surface area (Å²) in [7, 11) is 0. The maximum Gasteiger partial charge on any atom is 0.340 e. The van der Waals surface area contributed by atoms with Gasteiger partial charge >= 0.3 is 5.97 Å². The highest BCUT2D eigenvalue weighted by molar-refractivity contribution is 9.10. The van der Waals surface area contributed by atoms with Crippen molar-refractivity contribution >= 4 is 39.4 Å². The first kappa shape index (κ1) is 17.4. The molecule has 2 aromatic rings. The van der Waals surface area contributed by atoms with E-state index >= 15 is 0 Å². The number of para-hydroxylation sites is 1. The lowest BCUT2D eigenvalue weighted by molar-refractivity contribution is 0.0460. The van der Waals surface area contributed by atoms with Crippen molar-refractivity contribution in [2.24, 2.45) is 5.92 Å². The second-order valence-electron chi connectivity index (χ2n) is 6.15. The lowest BCUT2D eigenvalue weighted by Crippen LogP contribution is -2.31. The van der Waals surface area contributed by atoms with Gasteiger partial charge in [0.05, 0.1) is 29.0 Å². The Bertz CT molecular complexity index is 875. The minimum Gasteiger partial charge on any atom is -0.462 e. The second kappa shape index (κ2) is 6.80. The smallest absolute Gasteiger partial charge is 0.340 e. The summed E-state index contributed by atoms with van der Waals surface area (Å²) in [6, 6.07) is 11.4. The van der Waals surface area contributed by atoms with E-state index in [0.29, 0.717) is 15.6 Å². The van der Waals surface area contributed by atoms with Gasteiger partial charge in [-0.2, -0.15) is 0 Å². The lowest BCUT2D eigenvalue weighted by Gasteiger charge is -2.17. The number of nitrogens with zero attached hydrogens (tertiary/aromatic N) is 1. The Morgan fingerprint density at radius 2 is 1.76 bits per heavy atom. The van der Waals surface area contributed by atoms with Crippen molar-refractivity contribution in [2.75, 3.05) is 11.5 Å². The highest BCUT2D eigenvalue weighted by Gasteiger charge is 2.38. The molecule has 0 aliphatic carbocycles. The van der Waals surface area contributed by atoms with Gasteiger partial charge in [-0.15, -0.1) is 0 Å². The standard InChI is InChI=1S/C19H16BrNO4/c1-11(2)10-25-19(24)14-5-3-4-6-16(14)21-17(22)13-8-7-12(20)9-15(13)18(21)23/h3-9,11H,10H2,1-2H3. The Balaban J connectivity index is 2.00. The molecule has 1 aliphatic rings. The third kappa shape index (κ3) is 3.22. The molecule has 0 bridgehead atoms. The molecule has 0 aromatic heterocycles. The number of amides is 2. The van der Waals surface area contributed by atoms with Crippen LogP contribution in [0.1, 0.15) is 44.9 Å². The van der Waals surface area contributed by atoms with E-state index in [0.717, 1.165) is 4.90 Å². The normalized spacial score (nSPS) is 13.4. The van der Waals surface area contributed by atoms with E-state index in [1.165, 1.54) is 0 Å². The third-order valence-corrected chi connectivity index (χ3v) is 4.25. The number of carbonyl (C=O) groups is 3. The topological polar surface area (TPSA) is 63.7 Å². The van der Waals surface area contributed by atoms with Gasteiger partial charge in [0.1, 0.15) is 0 Å². The summed E-state index contributed by atoms with van der Waals surface area (Å²) in [4.78, 5) is 38.8. The van der Waals surface area contributed by atoms with Gasteiger partial charge in [-0.3, -0.25) is 9.59 Å². The first-order valence-corrected chi connectivity index (χ1v) is 8.64. The van der Waals surface area contributed by atoms with Gasteiger partial charge in [-0.1, -0.05) is 41.9 Å². The maximum atomic E-state index is 12.7. The number of esters is 1. The number of fused-ring (bicyclic) bond motifs is 1. The highest BCUT2D eigenvalue weighted by atomic mass is 79.9. The van der Waals surface area contributed by atoms with Gasteiger partial charge in [0.25, 0.3) is 11.8 Å². The summed E-state index contributed by atoms with van der Waals surface area (Å²) in [5.41, 5.74) is 1.05. The van der Waals surface area contributed by atoms with Crippen LogP contribution in [0, 0.1) is 5.92 Å². The van der Waals surface area contributed by atoms with Crippen molar-refractivity contribution in [3.63, 3.8) is 0 Å². The van der Waals surface area contributed by atoms with Crippen LogP contribution in [-0.2, 0) is 4.74 Å².